The number of carbonyl (C=O) groups is 1. The lowest BCUT2D eigenvalue weighted by Gasteiger charge is -2.09. The van der Waals surface area contributed by atoms with Gasteiger partial charge in [-0.05, 0) is 73.0 Å². The number of carbonyl (C=O) groups excluding carboxylic acids is 1. The molecule has 0 unspecified atom stereocenters. The van der Waals surface area contributed by atoms with Crippen molar-refractivity contribution in [3.8, 4) is 5.75 Å². The van der Waals surface area contributed by atoms with Crippen molar-refractivity contribution in [3.05, 3.63) is 83.4 Å². The van der Waals surface area contributed by atoms with Crippen LogP contribution in [0, 0.1) is 13.8 Å². The number of methoxy groups -OCH3 is 1. The van der Waals surface area contributed by atoms with Gasteiger partial charge in [-0.1, -0.05) is 36.0 Å². The number of ether oxygens (including phenoxy) is 1. The highest BCUT2D eigenvalue weighted by molar-refractivity contribution is 7.99. The molecule has 3 aromatic carbocycles. The molecule has 0 spiro atoms. The Morgan fingerprint density at radius 3 is 2.33 bits per heavy atom. The van der Waals surface area contributed by atoms with E-state index in [0.29, 0.717) is 6.42 Å². The van der Waals surface area contributed by atoms with Gasteiger partial charge in [0.15, 0.2) is 0 Å². The predicted molar refractivity (Wildman–Crippen MR) is 112 cm³/mol. The average molecular weight is 378 g/mol. The van der Waals surface area contributed by atoms with Crippen LogP contribution in [0.2, 0.25) is 0 Å². The fourth-order valence-electron chi connectivity index (χ4n) is 2.68. The summed E-state index contributed by atoms with van der Waals surface area (Å²) >= 11 is 1.74. The van der Waals surface area contributed by atoms with E-state index in [2.05, 4.69) is 37.4 Å². The summed E-state index contributed by atoms with van der Waals surface area (Å²) in [6.07, 6.45) is 0.336. The normalized spacial score (nSPS) is 10.5. The highest BCUT2D eigenvalue weighted by atomic mass is 32.2. The SMILES string of the molecule is COc1ccc(CC(=O)Nc2ccc(Sc3cc(C)ccc3C)cc2)cc1. The Balaban J connectivity index is 1.59. The smallest absolute Gasteiger partial charge is 0.228 e. The van der Waals surface area contributed by atoms with E-state index in [1.165, 1.54) is 16.0 Å². The van der Waals surface area contributed by atoms with Crippen LogP contribution < -0.4 is 10.1 Å². The summed E-state index contributed by atoms with van der Waals surface area (Å²) in [5.74, 6) is 0.756. The number of aryl methyl sites for hydroxylation is 2. The fourth-order valence-corrected chi connectivity index (χ4v) is 3.68. The molecule has 3 aromatic rings. The molecule has 0 aliphatic heterocycles. The molecule has 1 N–H and O–H groups in total. The van der Waals surface area contributed by atoms with Crippen LogP contribution in [0.5, 0.6) is 5.75 Å². The third-order valence-corrected chi connectivity index (χ3v) is 5.40. The molecule has 0 fully saturated rings. The summed E-state index contributed by atoms with van der Waals surface area (Å²) < 4.78 is 5.13. The van der Waals surface area contributed by atoms with Crippen molar-refractivity contribution >= 4 is 23.4 Å². The van der Waals surface area contributed by atoms with E-state index in [1.807, 2.05) is 48.5 Å². The third-order valence-electron chi connectivity index (χ3n) is 4.23. The monoisotopic (exact) mass is 377 g/mol. The lowest BCUT2D eigenvalue weighted by Crippen LogP contribution is -2.14. The number of hydrogen-bond acceptors (Lipinski definition) is 3. The quantitative estimate of drug-likeness (QED) is 0.604. The molecule has 0 atom stereocenters. The minimum atomic E-state index is -0.0323. The molecule has 27 heavy (non-hydrogen) atoms. The molecule has 0 radical (unpaired) electrons. The van der Waals surface area contributed by atoms with E-state index in [4.69, 9.17) is 4.74 Å². The summed E-state index contributed by atoms with van der Waals surface area (Å²) in [6, 6.07) is 22.0. The van der Waals surface area contributed by atoms with Gasteiger partial charge in [-0.25, -0.2) is 0 Å². The summed E-state index contributed by atoms with van der Waals surface area (Å²) in [5.41, 5.74) is 4.28. The molecular weight excluding hydrogens is 354 g/mol. The van der Waals surface area contributed by atoms with E-state index in [9.17, 15) is 4.79 Å². The summed E-state index contributed by atoms with van der Waals surface area (Å²) in [7, 11) is 1.63. The van der Waals surface area contributed by atoms with Crippen molar-refractivity contribution in [2.45, 2.75) is 30.1 Å². The first-order valence-electron chi connectivity index (χ1n) is 8.81. The van der Waals surface area contributed by atoms with Crippen LogP contribution in [0.25, 0.3) is 0 Å². The number of rotatable bonds is 6. The molecule has 138 valence electrons. The van der Waals surface area contributed by atoms with Crippen LogP contribution in [-0.2, 0) is 11.2 Å². The van der Waals surface area contributed by atoms with Gasteiger partial charge in [0.25, 0.3) is 0 Å². The van der Waals surface area contributed by atoms with Gasteiger partial charge in [0, 0.05) is 15.5 Å². The Morgan fingerprint density at radius 1 is 0.963 bits per heavy atom. The van der Waals surface area contributed by atoms with Crippen LogP contribution in [0.1, 0.15) is 16.7 Å². The van der Waals surface area contributed by atoms with Crippen molar-refractivity contribution < 1.29 is 9.53 Å². The van der Waals surface area contributed by atoms with Gasteiger partial charge >= 0.3 is 0 Å². The molecule has 0 heterocycles. The van der Waals surface area contributed by atoms with Crippen molar-refractivity contribution in [3.63, 3.8) is 0 Å². The zero-order valence-electron chi connectivity index (χ0n) is 15.8. The Kier molecular flexibility index (Phi) is 6.20. The van der Waals surface area contributed by atoms with E-state index in [1.54, 1.807) is 18.9 Å². The van der Waals surface area contributed by atoms with Crippen molar-refractivity contribution in [2.75, 3.05) is 12.4 Å². The van der Waals surface area contributed by atoms with Crippen molar-refractivity contribution in [1.29, 1.82) is 0 Å². The molecule has 1 amide bonds. The van der Waals surface area contributed by atoms with E-state index in [0.717, 1.165) is 21.9 Å². The molecule has 4 heteroatoms. The second-order valence-corrected chi connectivity index (χ2v) is 7.58. The van der Waals surface area contributed by atoms with Crippen LogP contribution >= 0.6 is 11.8 Å². The number of nitrogens with one attached hydrogen (secondary N) is 1. The molecule has 0 saturated heterocycles. The lowest BCUT2D eigenvalue weighted by atomic mass is 10.1. The standard InChI is InChI=1S/C23H23NO2S/c1-16-4-5-17(2)22(14-16)27-21-12-8-19(9-13-21)24-23(25)15-18-6-10-20(26-3)11-7-18/h4-14H,15H2,1-3H3,(H,24,25). The zero-order chi connectivity index (χ0) is 19.2. The molecular formula is C23H23NO2S. The number of anilines is 1. The minimum absolute atomic E-state index is 0.0323. The third kappa shape index (κ3) is 5.38. The van der Waals surface area contributed by atoms with E-state index in [-0.39, 0.29) is 5.91 Å². The molecule has 3 nitrogen and oxygen atoms in total. The van der Waals surface area contributed by atoms with Crippen LogP contribution in [0.15, 0.2) is 76.5 Å². The topological polar surface area (TPSA) is 38.3 Å². The first kappa shape index (κ1) is 19.1. The number of hydrogen-bond donors (Lipinski definition) is 1. The number of amides is 1. The fraction of sp³-hybridized carbons (Fsp3) is 0.174. The highest BCUT2D eigenvalue weighted by Crippen LogP contribution is 2.31. The van der Waals surface area contributed by atoms with E-state index >= 15 is 0 Å². The van der Waals surface area contributed by atoms with E-state index < -0.39 is 0 Å². The lowest BCUT2D eigenvalue weighted by molar-refractivity contribution is -0.115. The Labute approximate surface area is 164 Å². The van der Waals surface area contributed by atoms with Gasteiger partial charge < -0.3 is 10.1 Å². The van der Waals surface area contributed by atoms with Gasteiger partial charge in [-0.3, -0.25) is 4.79 Å². The first-order valence-corrected chi connectivity index (χ1v) is 9.63. The van der Waals surface area contributed by atoms with Gasteiger partial charge in [0.05, 0.1) is 13.5 Å². The second-order valence-electron chi connectivity index (χ2n) is 6.47. The van der Waals surface area contributed by atoms with Gasteiger partial charge in [-0.15, -0.1) is 0 Å². The molecule has 0 aliphatic rings. The maximum atomic E-state index is 12.2. The molecule has 0 saturated carbocycles. The average Bonchev–Trinajstić information content (AvgIpc) is 2.67. The predicted octanol–water partition coefficient (Wildman–Crippen LogP) is 5.64. The van der Waals surface area contributed by atoms with Crippen LogP contribution in [-0.4, -0.2) is 13.0 Å². The van der Waals surface area contributed by atoms with Crippen molar-refractivity contribution in [2.24, 2.45) is 0 Å². The zero-order valence-corrected chi connectivity index (χ0v) is 16.6. The Hall–Kier alpha value is -2.72. The number of benzene rings is 3. The van der Waals surface area contributed by atoms with Crippen molar-refractivity contribution in [1.82, 2.24) is 0 Å². The summed E-state index contributed by atoms with van der Waals surface area (Å²) in [4.78, 5) is 14.7. The second kappa shape index (κ2) is 8.78. The molecule has 3 rings (SSSR count). The molecule has 0 aliphatic carbocycles. The molecule has 0 bridgehead atoms. The molecule has 0 aromatic heterocycles. The van der Waals surface area contributed by atoms with Gasteiger partial charge in [0.1, 0.15) is 5.75 Å². The summed E-state index contributed by atoms with van der Waals surface area (Å²) in [5, 5.41) is 2.95. The highest BCUT2D eigenvalue weighted by Gasteiger charge is 2.06. The van der Waals surface area contributed by atoms with Crippen LogP contribution in [0.4, 0.5) is 5.69 Å². The first-order chi connectivity index (χ1) is 13.0. The van der Waals surface area contributed by atoms with Gasteiger partial charge in [0.2, 0.25) is 5.91 Å². The van der Waals surface area contributed by atoms with Gasteiger partial charge in [-0.2, -0.15) is 0 Å². The Morgan fingerprint density at radius 2 is 1.67 bits per heavy atom. The maximum absolute atomic E-state index is 12.2. The maximum Gasteiger partial charge on any atom is 0.228 e. The minimum Gasteiger partial charge on any atom is -0.497 e. The largest absolute Gasteiger partial charge is 0.497 e. The summed E-state index contributed by atoms with van der Waals surface area (Å²) in [6.45, 7) is 4.22. The van der Waals surface area contributed by atoms with Crippen LogP contribution in [0.3, 0.4) is 0 Å². The Bertz CT molecular complexity index is 918.